The molecule has 0 radical (unpaired) electrons. The van der Waals surface area contributed by atoms with E-state index in [1.165, 1.54) is 26.6 Å². The van der Waals surface area contributed by atoms with Crippen LogP contribution in [0.5, 0.6) is 0 Å². The molecule has 0 saturated heterocycles. The Morgan fingerprint density at radius 1 is 0.680 bits per heavy atom. The summed E-state index contributed by atoms with van der Waals surface area (Å²) in [5.41, 5.74) is 3.71. The smallest absolute Gasteiger partial charge is 0.172 e. The van der Waals surface area contributed by atoms with Gasteiger partial charge in [-0.15, -0.1) is 0 Å². The number of thiazole rings is 1. The number of hydrogen-bond acceptors (Lipinski definition) is 2. The molecule has 122 valence electrons. The molecule has 1 aromatic heterocycles. The maximum absolute atomic E-state index is 4.90. The molecule has 4 aromatic rings. The van der Waals surface area contributed by atoms with E-state index in [4.69, 9.17) is 12.6 Å². The van der Waals surface area contributed by atoms with Crippen LogP contribution in [0.2, 0.25) is 0 Å². The third-order valence-electron chi connectivity index (χ3n) is 4.14. The second kappa shape index (κ2) is 7.26. The van der Waals surface area contributed by atoms with Crippen LogP contribution in [0.4, 0.5) is 0 Å². The Hall–Kier alpha value is -2.36. The molecule has 0 fully saturated rings. The van der Waals surface area contributed by atoms with Crippen molar-refractivity contribution < 1.29 is 4.57 Å². The van der Waals surface area contributed by atoms with Gasteiger partial charge >= 0.3 is 0 Å². The molecule has 0 N–H and O–H groups in total. The molecule has 25 heavy (non-hydrogen) atoms. The van der Waals surface area contributed by atoms with E-state index in [2.05, 4.69) is 89.5 Å². The van der Waals surface area contributed by atoms with E-state index in [0.29, 0.717) is 0 Å². The number of nitrogens with zero attached hydrogens (tertiary/aromatic N) is 1. The SMILES string of the molecule is Sc1c(-c2ccccc2)sc(-c2ccccc2)[n+]1Cc1ccccc1. The summed E-state index contributed by atoms with van der Waals surface area (Å²) in [4.78, 5) is 1.21. The zero-order chi connectivity index (χ0) is 17.1. The Kier molecular flexibility index (Phi) is 4.68. The second-order valence-corrected chi connectivity index (χ2v) is 7.29. The molecule has 0 aliphatic heterocycles. The largest absolute Gasteiger partial charge is 0.270 e. The number of benzene rings is 3. The molecule has 1 nitrogen and oxygen atoms in total. The van der Waals surface area contributed by atoms with Crippen LogP contribution in [0.25, 0.3) is 21.0 Å². The fraction of sp³-hybridized carbons (Fsp3) is 0.0455. The first kappa shape index (κ1) is 16.1. The quantitative estimate of drug-likeness (QED) is 0.351. The topological polar surface area (TPSA) is 3.88 Å². The highest BCUT2D eigenvalue weighted by Crippen LogP contribution is 2.36. The zero-order valence-electron chi connectivity index (χ0n) is 13.7. The van der Waals surface area contributed by atoms with Crippen molar-refractivity contribution in [3.05, 3.63) is 96.6 Å². The Morgan fingerprint density at radius 2 is 1.20 bits per heavy atom. The zero-order valence-corrected chi connectivity index (χ0v) is 15.4. The van der Waals surface area contributed by atoms with Crippen molar-refractivity contribution in [3.63, 3.8) is 0 Å². The highest BCUT2D eigenvalue weighted by atomic mass is 32.1. The van der Waals surface area contributed by atoms with Gasteiger partial charge in [0.1, 0.15) is 4.88 Å². The van der Waals surface area contributed by atoms with Crippen LogP contribution in [0.1, 0.15) is 5.56 Å². The van der Waals surface area contributed by atoms with Crippen LogP contribution in [0, 0.1) is 0 Å². The first-order valence-corrected chi connectivity index (χ1v) is 9.49. The number of thiol groups is 1. The molecule has 4 rings (SSSR count). The monoisotopic (exact) mass is 360 g/mol. The molecule has 3 heteroatoms. The highest BCUT2D eigenvalue weighted by molar-refractivity contribution is 7.80. The minimum absolute atomic E-state index is 0.813. The third kappa shape index (κ3) is 3.39. The van der Waals surface area contributed by atoms with Gasteiger partial charge in [-0.3, -0.25) is 0 Å². The van der Waals surface area contributed by atoms with Crippen LogP contribution in [0.15, 0.2) is 96.0 Å². The molecular weight excluding hydrogens is 342 g/mol. The van der Waals surface area contributed by atoms with Gasteiger partial charge in [0.25, 0.3) is 10.0 Å². The van der Waals surface area contributed by atoms with Gasteiger partial charge in [-0.2, -0.15) is 4.57 Å². The fourth-order valence-electron chi connectivity index (χ4n) is 2.90. The third-order valence-corrected chi connectivity index (χ3v) is 6.04. The Bertz CT molecular complexity index is 961. The summed E-state index contributed by atoms with van der Waals surface area (Å²) in [6.07, 6.45) is 0. The predicted octanol–water partition coefficient (Wildman–Crippen LogP) is 5.71. The van der Waals surface area contributed by atoms with Crippen LogP contribution in [0.3, 0.4) is 0 Å². The summed E-state index contributed by atoms with van der Waals surface area (Å²) in [6, 6.07) is 31.6. The van der Waals surface area contributed by atoms with E-state index >= 15 is 0 Å². The molecule has 0 saturated carbocycles. The van der Waals surface area contributed by atoms with Crippen molar-refractivity contribution in [1.29, 1.82) is 0 Å². The molecule has 3 aromatic carbocycles. The van der Waals surface area contributed by atoms with Crippen molar-refractivity contribution >= 4 is 24.0 Å². The summed E-state index contributed by atoms with van der Waals surface area (Å²) in [5.74, 6) is 0. The van der Waals surface area contributed by atoms with Crippen LogP contribution < -0.4 is 4.57 Å². The van der Waals surface area contributed by atoms with Crippen LogP contribution in [-0.4, -0.2) is 0 Å². The van der Waals surface area contributed by atoms with Crippen LogP contribution >= 0.6 is 24.0 Å². The number of aromatic nitrogens is 1. The molecule has 0 atom stereocenters. The Labute approximate surface area is 157 Å². The normalized spacial score (nSPS) is 10.8. The van der Waals surface area contributed by atoms with E-state index < -0.39 is 0 Å². The van der Waals surface area contributed by atoms with Crippen molar-refractivity contribution in [2.45, 2.75) is 11.6 Å². The van der Waals surface area contributed by atoms with Crippen molar-refractivity contribution in [2.75, 3.05) is 0 Å². The molecular formula is C22H18NS2+. The number of rotatable bonds is 4. The summed E-state index contributed by atoms with van der Waals surface area (Å²) in [6.45, 7) is 0.813. The lowest BCUT2D eigenvalue weighted by Gasteiger charge is -2.01. The standard InChI is InChI=1S/C22H17NS2/c24-21-20(18-12-6-2-7-13-18)25-22(19-14-8-3-9-15-19)23(21)16-17-10-4-1-5-11-17/h1-15H,16H2/p+1. The minimum Gasteiger partial charge on any atom is -0.172 e. The molecule has 0 unspecified atom stereocenters. The van der Waals surface area contributed by atoms with E-state index in [0.717, 1.165) is 11.6 Å². The van der Waals surface area contributed by atoms with E-state index in [-0.39, 0.29) is 0 Å². The van der Waals surface area contributed by atoms with Gasteiger partial charge in [-0.1, -0.05) is 103 Å². The lowest BCUT2D eigenvalue weighted by atomic mass is 10.2. The summed E-state index contributed by atoms with van der Waals surface area (Å²) >= 11 is 6.70. The molecule has 0 amide bonds. The molecule has 0 aliphatic rings. The van der Waals surface area contributed by atoms with Gasteiger partial charge in [0.05, 0.1) is 5.56 Å². The van der Waals surface area contributed by atoms with Gasteiger partial charge < -0.3 is 0 Å². The fourth-order valence-corrected chi connectivity index (χ4v) is 4.58. The molecule has 0 spiro atoms. The second-order valence-electron chi connectivity index (χ2n) is 5.86. The Morgan fingerprint density at radius 3 is 1.80 bits per heavy atom. The van der Waals surface area contributed by atoms with Gasteiger partial charge in [0.15, 0.2) is 6.54 Å². The Balaban J connectivity index is 1.87. The maximum atomic E-state index is 4.90. The van der Waals surface area contributed by atoms with Gasteiger partial charge in [-0.05, 0) is 17.7 Å². The minimum atomic E-state index is 0.813. The molecule has 1 heterocycles. The van der Waals surface area contributed by atoms with Crippen molar-refractivity contribution in [3.8, 4) is 21.0 Å². The highest BCUT2D eigenvalue weighted by Gasteiger charge is 2.26. The summed E-state index contributed by atoms with van der Waals surface area (Å²) < 4.78 is 2.31. The van der Waals surface area contributed by atoms with E-state index in [9.17, 15) is 0 Å². The average molecular weight is 361 g/mol. The van der Waals surface area contributed by atoms with Crippen molar-refractivity contribution in [2.24, 2.45) is 0 Å². The molecule has 0 aliphatic carbocycles. The number of hydrogen-bond donors (Lipinski definition) is 1. The first-order valence-electron chi connectivity index (χ1n) is 8.23. The summed E-state index contributed by atoms with van der Waals surface area (Å²) in [5, 5.41) is 2.24. The van der Waals surface area contributed by atoms with Crippen LogP contribution in [-0.2, 0) is 6.54 Å². The van der Waals surface area contributed by atoms with Gasteiger partial charge in [0.2, 0.25) is 0 Å². The van der Waals surface area contributed by atoms with Gasteiger partial charge in [0, 0.05) is 5.56 Å². The summed E-state index contributed by atoms with van der Waals surface area (Å²) in [7, 11) is 0. The lowest BCUT2D eigenvalue weighted by molar-refractivity contribution is -0.708. The average Bonchev–Trinajstić information content (AvgIpc) is 3.01. The lowest BCUT2D eigenvalue weighted by Crippen LogP contribution is -2.36. The van der Waals surface area contributed by atoms with Gasteiger partial charge in [-0.25, -0.2) is 0 Å². The first-order chi connectivity index (χ1) is 12.3. The van der Waals surface area contributed by atoms with E-state index in [1.807, 2.05) is 6.07 Å². The predicted molar refractivity (Wildman–Crippen MR) is 108 cm³/mol. The molecule has 0 bridgehead atoms. The maximum Gasteiger partial charge on any atom is 0.270 e. The van der Waals surface area contributed by atoms with Crippen molar-refractivity contribution in [1.82, 2.24) is 0 Å². The van der Waals surface area contributed by atoms with E-state index in [1.54, 1.807) is 11.3 Å².